The number of piperidine rings is 1. The lowest BCUT2D eigenvalue weighted by molar-refractivity contribution is -0.125. The maximum atomic E-state index is 12.4. The maximum absolute atomic E-state index is 12.4. The van der Waals surface area contributed by atoms with Crippen LogP contribution in [0.25, 0.3) is 0 Å². The molecule has 0 radical (unpaired) electrons. The van der Waals surface area contributed by atoms with E-state index in [0.717, 1.165) is 45.2 Å². The molecule has 3 rings (SSSR count). The number of likely N-dealkylation sites (tertiary alicyclic amines) is 1. The highest BCUT2D eigenvalue weighted by atomic mass is 16.2. The van der Waals surface area contributed by atoms with Gasteiger partial charge in [0.1, 0.15) is 6.33 Å². The van der Waals surface area contributed by atoms with E-state index >= 15 is 0 Å². The fraction of sp³-hybridized carbons (Fsp3) is 0.765. The molecule has 1 saturated heterocycles. The summed E-state index contributed by atoms with van der Waals surface area (Å²) in [7, 11) is 1.76. The molecule has 0 bridgehead atoms. The second-order valence-electron chi connectivity index (χ2n) is 7.64. The van der Waals surface area contributed by atoms with Gasteiger partial charge in [-0.1, -0.05) is 0 Å². The number of nitrogens with one attached hydrogen (secondary N) is 1. The number of carbonyl (C=O) groups excluding carboxylic acids is 2. The molecule has 1 aromatic rings. The van der Waals surface area contributed by atoms with Crippen LogP contribution in [0.4, 0.5) is 0 Å². The average Bonchev–Trinajstić information content (AvgIpc) is 3.14. The molecule has 1 spiro atoms. The number of amides is 2. The molecule has 2 aliphatic rings. The van der Waals surface area contributed by atoms with Crippen LogP contribution >= 0.6 is 0 Å². The third kappa shape index (κ3) is 3.44. The first-order chi connectivity index (χ1) is 11.4. The molecule has 24 heavy (non-hydrogen) atoms. The monoisotopic (exact) mass is 333 g/mol. The van der Waals surface area contributed by atoms with Crippen LogP contribution in [0.3, 0.4) is 0 Å². The number of hydrogen-bond acceptors (Lipinski definition) is 4. The summed E-state index contributed by atoms with van der Waals surface area (Å²) in [4.78, 5) is 30.6. The highest BCUT2D eigenvalue weighted by molar-refractivity contribution is 5.90. The van der Waals surface area contributed by atoms with Gasteiger partial charge < -0.3 is 10.2 Å². The van der Waals surface area contributed by atoms with E-state index in [4.69, 9.17) is 0 Å². The van der Waals surface area contributed by atoms with Gasteiger partial charge in [0.15, 0.2) is 0 Å². The lowest BCUT2D eigenvalue weighted by atomic mass is 9.76. The summed E-state index contributed by atoms with van der Waals surface area (Å²) < 4.78 is 1.55. The van der Waals surface area contributed by atoms with E-state index in [1.165, 1.54) is 0 Å². The van der Waals surface area contributed by atoms with Gasteiger partial charge in [-0.25, -0.2) is 4.98 Å². The van der Waals surface area contributed by atoms with Crippen molar-refractivity contribution in [2.75, 3.05) is 13.1 Å². The van der Waals surface area contributed by atoms with Crippen molar-refractivity contribution in [3.8, 4) is 0 Å². The molecular weight excluding hydrogens is 306 g/mol. The summed E-state index contributed by atoms with van der Waals surface area (Å²) in [5.74, 6) is 0.511. The van der Waals surface area contributed by atoms with E-state index in [1.807, 2.05) is 18.7 Å². The number of aromatic nitrogens is 3. The smallest absolute Gasteiger partial charge is 0.293 e. The molecule has 0 aromatic carbocycles. The summed E-state index contributed by atoms with van der Waals surface area (Å²) in [5.41, 5.74) is 0.229. The minimum absolute atomic E-state index is 0.0856. The van der Waals surface area contributed by atoms with Crippen molar-refractivity contribution in [1.29, 1.82) is 0 Å². The molecule has 2 heterocycles. The molecule has 1 N–H and O–H groups in total. The Morgan fingerprint density at radius 2 is 2.00 bits per heavy atom. The van der Waals surface area contributed by atoms with Crippen LogP contribution in [0.2, 0.25) is 0 Å². The Labute approximate surface area is 142 Å². The molecule has 7 nitrogen and oxygen atoms in total. The number of carbonyl (C=O) groups is 2. The van der Waals surface area contributed by atoms with Gasteiger partial charge in [0, 0.05) is 32.1 Å². The van der Waals surface area contributed by atoms with Crippen LogP contribution < -0.4 is 5.32 Å². The highest BCUT2D eigenvalue weighted by Gasteiger charge is 2.44. The first-order valence-corrected chi connectivity index (χ1v) is 8.84. The van der Waals surface area contributed by atoms with Gasteiger partial charge in [-0.3, -0.25) is 14.3 Å². The van der Waals surface area contributed by atoms with E-state index in [2.05, 4.69) is 15.4 Å². The zero-order valence-electron chi connectivity index (χ0n) is 14.8. The Morgan fingerprint density at radius 1 is 1.29 bits per heavy atom. The zero-order valence-corrected chi connectivity index (χ0v) is 14.8. The first kappa shape index (κ1) is 16.9. The average molecular weight is 333 g/mol. The topological polar surface area (TPSA) is 80.1 Å². The van der Waals surface area contributed by atoms with Crippen molar-refractivity contribution in [2.24, 2.45) is 18.4 Å². The predicted molar refractivity (Wildman–Crippen MR) is 89.2 cm³/mol. The molecule has 132 valence electrons. The van der Waals surface area contributed by atoms with Crippen molar-refractivity contribution < 1.29 is 9.59 Å². The molecule has 1 aliphatic heterocycles. The van der Waals surface area contributed by atoms with E-state index in [1.54, 1.807) is 18.1 Å². The molecule has 1 saturated carbocycles. The minimum atomic E-state index is -0.0856. The standard InChI is InChI=1S/C17H27N5O2/c1-12(2)19-15(23)13-4-5-17(10-13)6-8-22(9-7-17)16(24)14-18-11-21(3)20-14/h11-13H,4-10H2,1-3H3,(H,19,23). The fourth-order valence-corrected chi connectivity index (χ4v) is 4.05. The third-order valence-corrected chi connectivity index (χ3v) is 5.41. The van der Waals surface area contributed by atoms with Gasteiger partial charge in [0.05, 0.1) is 0 Å². The van der Waals surface area contributed by atoms with Crippen LogP contribution in [-0.2, 0) is 11.8 Å². The van der Waals surface area contributed by atoms with E-state index in [-0.39, 0.29) is 35.0 Å². The molecule has 1 aliphatic carbocycles. The lowest BCUT2D eigenvalue weighted by Crippen LogP contribution is -2.43. The Bertz CT molecular complexity index is 616. The Kier molecular flexibility index (Phi) is 4.60. The Morgan fingerprint density at radius 3 is 2.58 bits per heavy atom. The molecule has 1 aromatic heterocycles. The lowest BCUT2D eigenvalue weighted by Gasteiger charge is -2.39. The van der Waals surface area contributed by atoms with Crippen molar-refractivity contribution in [2.45, 2.75) is 52.0 Å². The second-order valence-corrected chi connectivity index (χ2v) is 7.64. The summed E-state index contributed by atoms with van der Waals surface area (Å²) in [6.07, 6.45) is 6.50. The van der Waals surface area contributed by atoms with E-state index in [9.17, 15) is 9.59 Å². The van der Waals surface area contributed by atoms with E-state index in [0.29, 0.717) is 0 Å². The normalized spacial score (nSPS) is 23.0. The largest absolute Gasteiger partial charge is 0.354 e. The van der Waals surface area contributed by atoms with Crippen molar-refractivity contribution >= 4 is 11.8 Å². The number of hydrogen-bond donors (Lipinski definition) is 1. The number of rotatable bonds is 3. The first-order valence-electron chi connectivity index (χ1n) is 8.84. The van der Waals surface area contributed by atoms with Crippen LogP contribution in [0.5, 0.6) is 0 Å². The molecule has 2 amide bonds. The van der Waals surface area contributed by atoms with Crippen LogP contribution in [-0.4, -0.2) is 50.6 Å². The quantitative estimate of drug-likeness (QED) is 0.906. The zero-order chi connectivity index (χ0) is 17.3. The van der Waals surface area contributed by atoms with Crippen LogP contribution in [0, 0.1) is 11.3 Å². The Balaban J connectivity index is 1.55. The van der Waals surface area contributed by atoms with Crippen LogP contribution in [0.1, 0.15) is 56.6 Å². The van der Waals surface area contributed by atoms with Crippen molar-refractivity contribution in [1.82, 2.24) is 25.0 Å². The summed E-state index contributed by atoms with van der Waals surface area (Å²) in [6.45, 7) is 5.46. The van der Waals surface area contributed by atoms with E-state index < -0.39 is 0 Å². The highest BCUT2D eigenvalue weighted by Crippen LogP contribution is 2.49. The Hall–Kier alpha value is -1.92. The molecule has 7 heteroatoms. The number of nitrogens with zero attached hydrogens (tertiary/aromatic N) is 4. The van der Waals surface area contributed by atoms with Crippen molar-refractivity contribution in [3.05, 3.63) is 12.2 Å². The summed E-state index contributed by atoms with van der Waals surface area (Å²) >= 11 is 0. The summed E-state index contributed by atoms with van der Waals surface area (Å²) in [5, 5.41) is 7.13. The van der Waals surface area contributed by atoms with Gasteiger partial charge >= 0.3 is 0 Å². The van der Waals surface area contributed by atoms with Gasteiger partial charge in [-0.2, -0.15) is 0 Å². The van der Waals surface area contributed by atoms with Gasteiger partial charge in [0.25, 0.3) is 5.91 Å². The molecule has 1 unspecified atom stereocenters. The van der Waals surface area contributed by atoms with Crippen LogP contribution in [0.15, 0.2) is 6.33 Å². The predicted octanol–water partition coefficient (Wildman–Crippen LogP) is 1.36. The van der Waals surface area contributed by atoms with Gasteiger partial charge in [-0.15, -0.1) is 5.10 Å². The minimum Gasteiger partial charge on any atom is -0.354 e. The SMILES string of the molecule is CC(C)NC(=O)C1CCC2(CCN(C(=O)c3ncn(C)n3)CC2)C1. The van der Waals surface area contributed by atoms with Gasteiger partial charge in [0.2, 0.25) is 11.7 Å². The maximum Gasteiger partial charge on any atom is 0.293 e. The molecule has 1 atom stereocenters. The fourth-order valence-electron chi connectivity index (χ4n) is 4.05. The van der Waals surface area contributed by atoms with Crippen molar-refractivity contribution in [3.63, 3.8) is 0 Å². The molecular formula is C17H27N5O2. The summed E-state index contributed by atoms with van der Waals surface area (Å²) in [6, 6.07) is 0.194. The third-order valence-electron chi connectivity index (χ3n) is 5.41. The number of aryl methyl sites for hydroxylation is 1. The van der Waals surface area contributed by atoms with Gasteiger partial charge in [-0.05, 0) is 51.4 Å². The second kappa shape index (κ2) is 6.53. The molecule has 2 fully saturated rings.